The Balaban J connectivity index is 1.94. The Morgan fingerprint density at radius 3 is 2.47 bits per heavy atom. The van der Waals surface area contributed by atoms with Gasteiger partial charge in [-0.1, -0.05) is 12.1 Å². The summed E-state index contributed by atoms with van der Waals surface area (Å²) in [5, 5.41) is 35.3. The van der Waals surface area contributed by atoms with Crippen molar-refractivity contribution >= 4 is 17.6 Å². The molecule has 0 spiro atoms. The molecule has 0 radical (unpaired) electrons. The van der Waals surface area contributed by atoms with Crippen LogP contribution >= 0.6 is 0 Å². The summed E-state index contributed by atoms with van der Waals surface area (Å²) >= 11 is 0. The lowest BCUT2D eigenvalue weighted by atomic mass is 9.89. The number of esters is 1. The van der Waals surface area contributed by atoms with E-state index in [0.29, 0.717) is 47.2 Å². The van der Waals surface area contributed by atoms with Gasteiger partial charge in [0.2, 0.25) is 5.95 Å². The zero-order valence-electron chi connectivity index (χ0n) is 23.9. The first-order valence-electron chi connectivity index (χ1n) is 13.4. The maximum Gasteiger partial charge on any atom is 0.416 e. The molecule has 11 nitrogen and oxygen atoms in total. The van der Waals surface area contributed by atoms with Crippen molar-refractivity contribution in [2.45, 2.75) is 25.6 Å². The largest absolute Gasteiger partial charge is 0.466 e. The van der Waals surface area contributed by atoms with E-state index < -0.39 is 29.4 Å². The number of quaternary nitrogens is 1. The number of carbonyl (C=O) groups excluding carboxylic acids is 1. The Morgan fingerprint density at radius 2 is 1.86 bits per heavy atom. The van der Waals surface area contributed by atoms with Crippen molar-refractivity contribution in [1.82, 2.24) is 14.8 Å². The molecule has 3 N–H and O–H groups in total. The van der Waals surface area contributed by atoms with E-state index >= 15 is 0 Å². The number of nitrogens with one attached hydrogen (secondary N) is 1. The Kier molecular flexibility index (Phi) is 9.09. The number of aliphatic hydroxyl groups excluding tert-OH is 2. The van der Waals surface area contributed by atoms with Crippen LogP contribution in [-0.4, -0.2) is 82.4 Å². The highest BCUT2D eigenvalue weighted by atomic mass is 19.4. The van der Waals surface area contributed by atoms with Crippen LogP contribution in [0.3, 0.4) is 0 Å². The monoisotopic (exact) mass is 601 g/mol. The second-order valence-electron chi connectivity index (χ2n) is 10.5. The molecule has 1 unspecified atom stereocenters. The molecule has 2 aromatic carbocycles. The van der Waals surface area contributed by atoms with Crippen molar-refractivity contribution in [2.24, 2.45) is 0 Å². The van der Waals surface area contributed by atoms with Crippen molar-refractivity contribution in [3.05, 3.63) is 86.5 Å². The lowest BCUT2D eigenvalue weighted by Crippen LogP contribution is -2.49. The van der Waals surface area contributed by atoms with E-state index in [9.17, 15) is 38.2 Å². The molecule has 43 heavy (non-hydrogen) atoms. The SMILES string of the molecule is COC(=O)C1=C(C)N(c2cccc(C(F)(F)F)c2)c2n[nH]c(=O)n2C1c1ccc(C#N)cc1CC[N+](C)(CCO)CCO. The van der Waals surface area contributed by atoms with Gasteiger partial charge in [0.05, 0.1) is 56.7 Å². The molecule has 1 aliphatic rings. The van der Waals surface area contributed by atoms with Crippen LogP contribution in [0, 0.1) is 11.3 Å². The minimum absolute atomic E-state index is 0.00941. The van der Waals surface area contributed by atoms with E-state index in [1.807, 2.05) is 7.05 Å². The minimum Gasteiger partial charge on any atom is -0.466 e. The highest BCUT2D eigenvalue weighted by Gasteiger charge is 2.41. The first kappa shape index (κ1) is 31.5. The molecule has 228 valence electrons. The van der Waals surface area contributed by atoms with Gasteiger partial charge < -0.3 is 19.4 Å². The zero-order valence-corrected chi connectivity index (χ0v) is 23.9. The topological polar surface area (TPSA) is 144 Å². The lowest BCUT2D eigenvalue weighted by Gasteiger charge is -2.37. The van der Waals surface area contributed by atoms with E-state index in [1.54, 1.807) is 18.2 Å². The maximum absolute atomic E-state index is 13.6. The van der Waals surface area contributed by atoms with Crippen molar-refractivity contribution in [1.29, 1.82) is 5.26 Å². The van der Waals surface area contributed by atoms with Gasteiger partial charge in [0.15, 0.2) is 0 Å². The van der Waals surface area contributed by atoms with Gasteiger partial charge in [0.1, 0.15) is 19.1 Å². The summed E-state index contributed by atoms with van der Waals surface area (Å²) in [7, 11) is 3.03. The molecule has 3 aromatic rings. The lowest BCUT2D eigenvalue weighted by molar-refractivity contribution is -0.909. The van der Waals surface area contributed by atoms with Gasteiger partial charge in [-0.05, 0) is 48.4 Å². The molecule has 1 atom stereocenters. The summed E-state index contributed by atoms with van der Waals surface area (Å²) in [5.41, 5.74) is -0.0132. The average molecular weight is 602 g/mol. The predicted octanol–water partition coefficient (Wildman–Crippen LogP) is 2.62. The standard InChI is InChI=1S/C29H31F3N6O5/c1-18-24(26(41)43-3)25(23-8-7-19(17-33)15-20(23)9-10-38(2,11-13-39)12-14-40)37-27(34-35-28(37)42)36(18)22-6-4-5-21(16-22)29(30,31)32/h4-8,15-16,25,39-40H,9-14H2,1-3H3/p+1. The summed E-state index contributed by atoms with van der Waals surface area (Å²) in [6, 6.07) is 10.2. The fraction of sp³-hybridized carbons (Fsp3) is 0.379. The van der Waals surface area contributed by atoms with Crippen LogP contribution in [0.1, 0.15) is 35.2 Å². The highest BCUT2D eigenvalue weighted by Crippen LogP contribution is 2.43. The number of alkyl halides is 3. The number of anilines is 2. The molecule has 2 heterocycles. The normalized spacial score (nSPS) is 15.3. The molecule has 1 aliphatic heterocycles. The number of hydrogen-bond acceptors (Lipinski definition) is 8. The van der Waals surface area contributed by atoms with E-state index in [0.717, 1.165) is 19.2 Å². The molecule has 0 saturated carbocycles. The molecular weight excluding hydrogens is 569 g/mol. The summed E-state index contributed by atoms with van der Waals surface area (Å²) in [6.45, 7) is 2.47. The number of aromatic amines is 1. The van der Waals surface area contributed by atoms with Crippen molar-refractivity contribution < 1.29 is 37.4 Å². The number of fused-ring (bicyclic) bond motifs is 1. The average Bonchev–Trinajstić information content (AvgIpc) is 3.35. The van der Waals surface area contributed by atoms with Crippen LogP contribution in [0.5, 0.6) is 0 Å². The number of nitrogens with zero attached hydrogens (tertiary/aromatic N) is 5. The van der Waals surface area contributed by atoms with Gasteiger partial charge in [-0.15, -0.1) is 5.10 Å². The number of allylic oxidation sites excluding steroid dienone is 1. The third kappa shape index (κ3) is 6.19. The number of ether oxygens (including phenoxy) is 1. The second kappa shape index (κ2) is 12.4. The van der Waals surface area contributed by atoms with Crippen LogP contribution in [-0.2, 0) is 22.1 Å². The highest BCUT2D eigenvalue weighted by molar-refractivity contribution is 5.93. The maximum atomic E-state index is 13.6. The van der Waals surface area contributed by atoms with E-state index in [-0.39, 0.29) is 36.1 Å². The van der Waals surface area contributed by atoms with E-state index in [1.165, 1.54) is 28.5 Å². The van der Waals surface area contributed by atoms with Crippen molar-refractivity contribution in [3.8, 4) is 6.07 Å². The smallest absolute Gasteiger partial charge is 0.416 e. The number of methoxy groups -OCH3 is 1. The number of hydrogen-bond donors (Lipinski definition) is 3. The van der Waals surface area contributed by atoms with Gasteiger partial charge in [0.25, 0.3) is 0 Å². The number of halogens is 3. The van der Waals surface area contributed by atoms with Crippen LogP contribution in [0.2, 0.25) is 0 Å². The van der Waals surface area contributed by atoms with Gasteiger partial charge >= 0.3 is 17.8 Å². The Labute approximate surface area is 245 Å². The third-order valence-electron chi connectivity index (χ3n) is 7.75. The molecular formula is C29H32F3N6O5+. The first-order chi connectivity index (χ1) is 20.4. The van der Waals surface area contributed by atoms with Crippen molar-refractivity contribution in [2.75, 3.05) is 51.9 Å². The Hall–Kier alpha value is -4.45. The fourth-order valence-electron chi connectivity index (χ4n) is 5.45. The number of aromatic nitrogens is 3. The molecule has 0 amide bonds. The van der Waals surface area contributed by atoms with Crippen LogP contribution in [0.4, 0.5) is 24.8 Å². The number of nitriles is 1. The summed E-state index contributed by atoms with van der Waals surface area (Å²) in [6.07, 6.45) is -4.30. The van der Waals surface area contributed by atoms with Gasteiger partial charge in [-0.2, -0.15) is 18.4 Å². The number of benzene rings is 2. The molecule has 14 heteroatoms. The minimum atomic E-state index is -4.64. The van der Waals surface area contributed by atoms with Gasteiger partial charge in [-0.25, -0.2) is 19.3 Å². The number of H-pyrrole nitrogens is 1. The van der Waals surface area contributed by atoms with E-state index in [4.69, 9.17) is 4.74 Å². The first-order valence-corrected chi connectivity index (χ1v) is 13.4. The third-order valence-corrected chi connectivity index (χ3v) is 7.75. The van der Waals surface area contributed by atoms with Crippen LogP contribution in [0.25, 0.3) is 0 Å². The Morgan fingerprint density at radius 1 is 1.16 bits per heavy atom. The summed E-state index contributed by atoms with van der Waals surface area (Å²) in [4.78, 5) is 28.0. The molecule has 1 aromatic heterocycles. The number of aliphatic hydroxyl groups is 2. The van der Waals surface area contributed by atoms with E-state index in [2.05, 4.69) is 16.3 Å². The molecule has 0 fully saturated rings. The molecule has 0 aliphatic carbocycles. The number of likely N-dealkylation sites (N-methyl/N-ethyl adjacent to an activating group) is 1. The number of rotatable bonds is 10. The Bertz CT molecular complexity index is 1630. The molecule has 0 bridgehead atoms. The molecule has 0 saturated heterocycles. The quantitative estimate of drug-likeness (QED) is 0.238. The van der Waals surface area contributed by atoms with Gasteiger partial charge in [-0.3, -0.25) is 4.90 Å². The van der Waals surface area contributed by atoms with Crippen LogP contribution < -0.4 is 10.6 Å². The van der Waals surface area contributed by atoms with Gasteiger partial charge in [0, 0.05) is 17.8 Å². The van der Waals surface area contributed by atoms with Crippen molar-refractivity contribution in [3.63, 3.8) is 0 Å². The summed E-state index contributed by atoms with van der Waals surface area (Å²) < 4.78 is 47.4. The number of carbonyl (C=O) groups is 1. The fourth-order valence-corrected chi connectivity index (χ4v) is 5.45. The zero-order chi connectivity index (χ0) is 31.5. The van der Waals surface area contributed by atoms with Crippen LogP contribution in [0.15, 0.2) is 58.5 Å². The second-order valence-corrected chi connectivity index (χ2v) is 10.5. The predicted molar refractivity (Wildman–Crippen MR) is 149 cm³/mol. The summed E-state index contributed by atoms with van der Waals surface area (Å²) in [5.74, 6) is -0.856. The molecule has 4 rings (SSSR count).